The minimum absolute atomic E-state index is 0.236. The number of nitrogens with zero attached hydrogens (tertiary/aromatic N) is 1. The van der Waals surface area contributed by atoms with Gasteiger partial charge in [-0.05, 0) is 24.3 Å². The van der Waals surface area contributed by atoms with E-state index in [1.54, 1.807) is 6.20 Å². The average molecular weight is 289 g/mol. The molecular weight excluding hydrogens is 278 g/mol. The first kappa shape index (κ1) is 12.8. The van der Waals surface area contributed by atoms with E-state index in [1.165, 1.54) is 24.0 Å². The van der Waals surface area contributed by atoms with Gasteiger partial charge < -0.3 is 14.6 Å². The SMILES string of the molecule is O=C(O)c1ccncc1Sc1ccc2c(c1)OCCO2. The number of carbonyl (C=O) groups is 1. The average Bonchev–Trinajstić information content (AvgIpc) is 2.47. The summed E-state index contributed by atoms with van der Waals surface area (Å²) >= 11 is 1.34. The van der Waals surface area contributed by atoms with Gasteiger partial charge in [0.15, 0.2) is 11.5 Å². The molecule has 0 unspecified atom stereocenters. The van der Waals surface area contributed by atoms with Crippen LogP contribution in [0.4, 0.5) is 0 Å². The number of rotatable bonds is 3. The molecule has 0 radical (unpaired) electrons. The van der Waals surface area contributed by atoms with E-state index in [1.807, 2.05) is 18.2 Å². The van der Waals surface area contributed by atoms with Crippen molar-refractivity contribution in [3.63, 3.8) is 0 Å². The normalized spacial score (nSPS) is 13.0. The van der Waals surface area contributed by atoms with Crippen molar-refractivity contribution in [2.24, 2.45) is 0 Å². The van der Waals surface area contributed by atoms with E-state index in [0.29, 0.717) is 29.6 Å². The first-order valence-electron chi connectivity index (χ1n) is 5.99. The van der Waals surface area contributed by atoms with Crippen LogP contribution in [0.2, 0.25) is 0 Å². The Balaban J connectivity index is 1.90. The Bertz CT molecular complexity index is 659. The zero-order valence-electron chi connectivity index (χ0n) is 10.4. The highest BCUT2D eigenvalue weighted by molar-refractivity contribution is 7.99. The topological polar surface area (TPSA) is 68.7 Å². The smallest absolute Gasteiger partial charge is 0.336 e. The highest BCUT2D eigenvalue weighted by Crippen LogP contribution is 2.37. The molecule has 5 nitrogen and oxygen atoms in total. The summed E-state index contributed by atoms with van der Waals surface area (Å²) < 4.78 is 11.0. The van der Waals surface area contributed by atoms with Crippen LogP contribution in [0.25, 0.3) is 0 Å². The zero-order chi connectivity index (χ0) is 13.9. The van der Waals surface area contributed by atoms with Crippen LogP contribution in [0.15, 0.2) is 46.5 Å². The van der Waals surface area contributed by atoms with Crippen molar-refractivity contribution >= 4 is 17.7 Å². The van der Waals surface area contributed by atoms with Gasteiger partial charge >= 0.3 is 5.97 Å². The van der Waals surface area contributed by atoms with Crippen molar-refractivity contribution in [1.82, 2.24) is 4.98 Å². The second-order valence-corrected chi connectivity index (χ2v) is 5.20. The van der Waals surface area contributed by atoms with E-state index in [4.69, 9.17) is 14.6 Å². The van der Waals surface area contributed by atoms with Crippen LogP contribution in [0, 0.1) is 0 Å². The molecule has 0 fully saturated rings. The molecule has 1 N–H and O–H groups in total. The third-order valence-corrected chi connectivity index (χ3v) is 3.79. The van der Waals surface area contributed by atoms with E-state index in [9.17, 15) is 4.79 Å². The molecule has 6 heteroatoms. The van der Waals surface area contributed by atoms with Gasteiger partial charge in [-0.2, -0.15) is 0 Å². The van der Waals surface area contributed by atoms with Crippen molar-refractivity contribution < 1.29 is 19.4 Å². The summed E-state index contributed by atoms with van der Waals surface area (Å²) in [5.41, 5.74) is 0.236. The van der Waals surface area contributed by atoms with Crippen LogP contribution < -0.4 is 9.47 Å². The standard InChI is InChI=1S/C14H11NO4S/c16-14(17)10-3-4-15-8-13(10)20-9-1-2-11-12(7-9)19-6-5-18-11/h1-4,7-8H,5-6H2,(H,16,17). The number of hydrogen-bond donors (Lipinski definition) is 1. The first-order chi connectivity index (χ1) is 9.74. The largest absolute Gasteiger partial charge is 0.486 e. The zero-order valence-corrected chi connectivity index (χ0v) is 11.2. The van der Waals surface area contributed by atoms with E-state index in [-0.39, 0.29) is 5.56 Å². The van der Waals surface area contributed by atoms with Gasteiger partial charge in [0.05, 0.1) is 5.56 Å². The van der Waals surface area contributed by atoms with Gasteiger partial charge in [-0.3, -0.25) is 4.98 Å². The Morgan fingerprint density at radius 3 is 2.80 bits per heavy atom. The number of pyridine rings is 1. The minimum Gasteiger partial charge on any atom is -0.486 e. The van der Waals surface area contributed by atoms with Crippen LogP contribution >= 0.6 is 11.8 Å². The van der Waals surface area contributed by atoms with Crippen LogP contribution in [0.5, 0.6) is 11.5 Å². The van der Waals surface area contributed by atoms with E-state index in [0.717, 1.165) is 4.90 Å². The fourth-order valence-electron chi connectivity index (χ4n) is 1.85. The number of aromatic nitrogens is 1. The van der Waals surface area contributed by atoms with E-state index >= 15 is 0 Å². The molecule has 1 aliphatic heterocycles. The third-order valence-electron chi connectivity index (χ3n) is 2.76. The monoisotopic (exact) mass is 289 g/mol. The van der Waals surface area contributed by atoms with E-state index < -0.39 is 5.97 Å². The fourth-order valence-corrected chi connectivity index (χ4v) is 2.79. The minimum atomic E-state index is -0.965. The van der Waals surface area contributed by atoms with Gasteiger partial charge in [0.2, 0.25) is 0 Å². The number of carboxylic acids is 1. The Morgan fingerprint density at radius 1 is 1.20 bits per heavy atom. The maximum Gasteiger partial charge on any atom is 0.336 e. The molecule has 20 heavy (non-hydrogen) atoms. The number of carboxylic acid groups (broad SMARTS) is 1. The Labute approximate surface area is 119 Å². The lowest BCUT2D eigenvalue weighted by Crippen LogP contribution is -2.15. The molecule has 102 valence electrons. The molecule has 3 rings (SSSR count). The molecule has 0 saturated carbocycles. The summed E-state index contributed by atoms with van der Waals surface area (Å²) in [7, 11) is 0. The summed E-state index contributed by atoms with van der Waals surface area (Å²) in [5, 5.41) is 9.15. The molecule has 0 amide bonds. The van der Waals surface area contributed by atoms with E-state index in [2.05, 4.69) is 4.98 Å². The third kappa shape index (κ3) is 2.55. The second-order valence-electron chi connectivity index (χ2n) is 4.08. The Morgan fingerprint density at radius 2 is 2.00 bits per heavy atom. The summed E-state index contributed by atoms with van der Waals surface area (Å²) in [6.45, 7) is 1.07. The van der Waals surface area contributed by atoms with Crippen molar-refractivity contribution in [2.45, 2.75) is 9.79 Å². The highest BCUT2D eigenvalue weighted by atomic mass is 32.2. The number of aromatic carboxylic acids is 1. The fraction of sp³-hybridized carbons (Fsp3) is 0.143. The Hall–Kier alpha value is -2.21. The maximum absolute atomic E-state index is 11.2. The molecule has 1 aliphatic rings. The molecule has 0 bridgehead atoms. The summed E-state index contributed by atoms with van der Waals surface area (Å²) in [4.78, 5) is 16.6. The van der Waals surface area contributed by atoms with Crippen LogP contribution in [-0.4, -0.2) is 29.3 Å². The predicted molar refractivity (Wildman–Crippen MR) is 72.8 cm³/mol. The van der Waals surface area contributed by atoms with Gasteiger partial charge in [-0.1, -0.05) is 11.8 Å². The summed E-state index contributed by atoms with van der Waals surface area (Å²) in [5.74, 6) is 0.430. The molecule has 0 saturated heterocycles. The van der Waals surface area contributed by atoms with Crippen LogP contribution in [0.1, 0.15) is 10.4 Å². The second kappa shape index (κ2) is 5.42. The molecule has 1 aromatic carbocycles. The molecule has 0 aliphatic carbocycles. The van der Waals surface area contributed by atoms with Gasteiger partial charge in [-0.15, -0.1) is 0 Å². The van der Waals surface area contributed by atoms with Crippen molar-refractivity contribution in [3.05, 3.63) is 42.2 Å². The number of benzene rings is 1. The van der Waals surface area contributed by atoms with Gasteiger partial charge in [-0.25, -0.2) is 4.79 Å². The van der Waals surface area contributed by atoms with Crippen LogP contribution in [-0.2, 0) is 0 Å². The lowest BCUT2D eigenvalue weighted by atomic mass is 10.3. The predicted octanol–water partition coefficient (Wildman–Crippen LogP) is 2.70. The number of fused-ring (bicyclic) bond motifs is 1. The van der Waals surface area contributed by atoms with Crippen molar-refractivity contribution in [1.29, 1.82) is 0 Å². The molecule has 2 heterocycles. The number of ether oxygens (including phenoxy) is 2. The summed E-state index contributed by atoms with van der Waals surface area (Å²) in [6.07, 6.45) is 3.02. The van der Waals surface area contributed by atoms with Gasteiger partial charge in [0, 0.05) is 22.2 Å². The Kier molecular flexibility index (Phi) is 3.47. The van der Waals surface area contributed by atoms with Crippen molar-refractivity contribution in [3.8, 4) is 11.5 Å². The molecule has 1 aromatic heterocycles. The molecule has 2 aromatic rings. The van der Waals surface area contributed by atoms with Gasteiger partial charge in [0.1, 0.15) is 13.2 Å². The highest BCUT2D eigenvalue weighted by Gasteiger charge is 2.14. The number of hydrogen-bond acceptors (Lipinski definition) is 5. The first-order valence-corrected chi connectivity index (χ1v) is 6.80. The van der Waals surface area contributed by atoms with Gasteiger partial charge in [0.25, 0.3) is 0 Å². The maximum atomic E-state index is 11.2. The summed E-state index contributed by atoms with van der Waals surface area (Å²) in [6, 6.07) is 7.03. The lowest BCUT2D eigenvalue weighted by molar-refractivity contribution is 0.0693. The quantitative estimate of drug-likeness (QED) is 0.937. The lowest BCUT2D eigenvalue weighted by Gasteiger charge is -2.18. The van der Waals surface area contributed by atoms with Crippen LogP contribution in [0.3, 0.4) is 0 Å². The molecular formula is C14H11NO4S. The van der Waals surface area contributed by atoms with Crippen molar-refractivity contribution in [2.75, 3.05) is 13.2 Å². The molecule has 0 spiro atoms. The molecule has 0 atom stereocenters.